The standard InChI is InChI=1S/C19H29N3O/c1-3-19(23)21-16-8-6-15(7-9-16)14(2)20-17-10-12-22-11-4-5-18(22)13-17/h6-9,14,17-18,20H,3-5,10-13H2,1-2H3,(H,21,23)/t14-,17+,18+/m0/s1. The molecule has 4 heteroatoms. The SMILES string of the molecule is CCC(=O)Nc1ccc([C@H](C)N[C@@H]2CCN3CCC[C@@H]3C2)cc1. The molecule has 3 atom stereocenters. The molecular formula is C19H29N3O. The maximum atomic E-state index is 11.4. The summed E-state index contributed by atoms with van der Waals surface area (Å²) in [5, 5.41) is 6.70. The van der Waals surface area contributed by atoms with E-state index in [1.54, 1.807) is 0 Å². The number of hydrogen-bond donors (Lipinski definition) is 2. The zero-order chi connectivity index (χ0) is 16.2. The molecule has 2 aliphatic heterocycles. The molecule has 1 aromatic carbocycles. The van der Waals surface area contributed by atoms with Crippen LogP contribution in [0.2, 0.25) is 0 Å². The summed E-state index contributed by atoms with van der Waals surface area (Å²) in [4.78, 5) is 14.1. The van der Waals surface area contributed by atoms with E-state index in [2.05, 4.69) is 34.6 Å². The number of nitrogens with one attached hydrogen (secondary N) is 2. The van der Waals surface area contributed by atoms with Crippen molar-refractivity contribution >= 4 is 11.6 Å². The molecule has 2 N–H and O–H groups in total. The van der Waals surface area contributed by atoms with Crippen LogP contribution in [0.3, 0.4) is 0 Å². The van der Waals surface area contributed by atoms with Gasteiger partial charge in [0.1, 0.15) is 0 Å². The first-order valence-electron chi connectivity index (χ1n) is 9.05. The second-order valence-electron chi connectivity index (χ2n) is 6.97. The van der Waals surface area contributed by atoms with Crippen molar-refractivity contribution in [3.8, 4) is 0 Å². The van der Waals surface area contributed by atoms with Crippen LogP contribution in [0.15, 0.2) is 24.3 Å². The first-order chi connectivity index (χ1) is 11.2. The highest BCUT2D eigenvalue weighted by Gasteiger charge is 2.31. The van der Waals surface area contributed by atoms with Gasteiger partial charge in [0.05, 0.1) is 0 Å². The normalized spacial score (nSPS) is 25.8. The predicted octanol–water partition coefficient (Wildman–Crippen LogP) is 3.31. The molecule has 1 amide bonds. The van der Waals surface area contributed by atoms with Gasteiger partial charge in [-0.2, -0.15) is 0 Å². The monoisotopic (exact) mass is 315 g/mol. The fourth-order valence-electron chi connectivity index (χ4n) is 3.93. The van der Waals surface area contributed by atoms with Gasteiger partial charge in [-0.3, -0.25) is 4.79 Å². The van der Waals surface area contributed by atoms with E-state index < -0.39 is 0 Å². The van der Waals surface area contributed by atoms with E-state index in [0.717, 1.165) is 11.7 Å². The molecule has 2 saturated heterocycles. The predicted molar refractivity (Wildman–Crippen MR) is 94.5 cm³/mol. The van der Waals surface area contributed by atoms with Crippen LogP contribution < -0.4 is 10.6 Å². The van der Waals surface area contributed by atoms with Crippen molar-refractivity contribution in [2.45, 2.75) is 64.1 Å². The van der Waals surface area contributed by atoms with Crippen molar-refractivity contribution in [2.24, 2.45) is 0 Å². The van der Waals surface area contributed by atoms with Crippen LogP contribution in [0, 0.1) is 0 Å². The van der Waals surface area contributed by atoms with E-state index in [0.29, 0.717) is 18.5 Å². The van der Waals surface area contributed by atoms with Crippen molar-refractivity contribution < 1.29 is 4.79 Å². The van der Waals surface area contributed by atoms with E-state index in [1.807, 2.05) is 19.1 Å². The molecule has 1 aromatic rings. The van der Waals surface area contributed by atoms with Crippen molar-refractivity contribution in [3.05, 3.63) is 29.8 Å². The molecular weight excluding hydrogens is 286 g/mol. The van der Waals surface area contributed by atoms with Crippen molar-refractivity contribution in [1.29, 1.82) is 0 Å². The van der Waals surface area contributed by atoms with E-state index in [-0.39, 0.29) is 5.91 Å². The van der Waals surface area contributed by atoms with E-state index in [1.165, 1.54) is 44.3 Å². The Morgan fingerprint density at radius 3 is 2.78 bits per heavy atom. The Balaban J connectivity index is 1.53. The number of amides is 1. The maximum absolute atomic E-state index is 11.4. The summed E-state index contributed by atoms with van der Waals surface area (Å²) in [7, 11) is 0. The van der Waals surface area contributed by atoms with E-state index >= 15 is 0 Å². The van der Waals surface area contributed by atoms with Gasteiger partial charge >= 0.3 is 0 Å². The lowest BCUT2D eigenvalue weighted by atomic mass is 9.96. The number of fused-ring (bicyclic) bond motifs is 1. The van der Waals surface area contributed by atoms with Crippen LogP contribution in [0.5, 0.6) is 0 Å². The highest BCUT2D eigenvalue weighted by Crippen LogP contribution is 2.28. The molecule has 2 aliphatic rings. The van der Waals surface area contributed by atoms with Gasteiger partial charge in [0, 0.05) is 30.2 Å². The molecule has 0 radical (unpaired) electrons. The highest BCUT2D eigenvalue weighted by atomic mass is 16.1. The van der Waals surface area contributed by atoms with Crippen LogP contribution >= 0.6 is 0 Å². The largest absolute Gasteiger partial charge is 0.326 e. The number of carbonyl (C=O) groups is 1. The number of nitrogens with zero attached hydrogens (tertiary/aromatic N) is 1. The number of anilines is 1. The maximum Gasteiger partial charge on any atom is 0.224 e. The van der Waals surface area contributed by atoms with E-state index in [4.69, 9.17) is 0 Å². The minimum Gasteiger partial charge on any atom is -0.326 e. The Morgan fingerprint density at radius 1 is 1.26 bits per heavy atom. The van der Waals surface area contributed by atoms with Crippen LogP contribution in [0.4, 0.5) is 5.69 Å². The molecule has 2 fully saturated rings. The van der Waals surface area contributed by atoms with Crippen LogP contribution in [-0.2, 0) is 4.79 Å². The summed E-state index contributed by atoms with van der Waals surface area (Å²) in [5.41, 5.74) is 2.17. The summed E-state index contributed by atoms with van der Waals surface area (Å²) in [6.07, 6.45) is 5.80. The molecule has 0 saturated carbocycles. The van der Waals surface area contributed by atoms with Gasteiger partial charge in [-0.15, -0.1) is 0 Å². The van der Waals surface area contributed by atoms with Crippen LogP contribution in [0.25, 0.3) is 0 Å². The topological polar surface area (TPSA) is 44.4 Å². The average Bonchev–Trinajstić information content (AvgIpc) is 3.03. The Hall–Kier alpha value is -1.39. The zero-order valence-corrected chi connectivity index (χ0v) is 14.3. The lowest BCUT2D eigenvalue weighted by Gasteiger charge is -2.36. The van der Waals surface area contributed by atoms with Gasteiger partial charge in [0.15, 0.2) is 0 Å². The van der Waals surface area contributed by atoms with Crippen molar-refractivity contribution in [2.75, 3.05) is 18.4 Å². The number of carbonyl (C=O) groups excluding carboxylic acids is 1. The summed E-state index contributed by atoms with van der Waals surface area (Å²) < 4.78 is 0. The quantitative estimate of drug-likeness (QED) is 0.876. The first-order valence-corrected chi connectivity index (χ1v) is 9.05. The lowest BCUT2D eigenvalue weighted by Crippen LogP contribution is -2.46. The third-order valence-electron chi connectivity index (χ3n) is 5.32. The van der Waals surface area contributed by atoms with Crippen LogP contribution in [-0.4, -0.2) is 36.0 Å². The molecule has 126 valence electrons. The van der Waals surface area contributed by atoms with Gasteiger partial charge in [-0.25, -0.2) is 0 Å². The van der Waals surface area contributed by atoms with Gasteiger partial charge in [0.2, 0.25) is 5.91 Å². The minimum atomic E-state index is 0.0623. The number of piperidine rings is 1. The summed E-state index contributed by atoms with van der Waals surface area (Å²) in [6, 6.07) is 10.0. The second-order valence-corrected chi connectivity index (χ2v) is 6.97. The molecule has 2 heterocycles. The summed E-state index contributed by atoms with van der Waals surface area (Å²) in [5.74, 6) is 0.0623. The van der Waals surface area contributed by atoms with E-state index in [9.17, 15) is 4.79 Å². The zero-order valence-electron chi connectivity index (χ0n) is 14.3. The van der Waals surface area contributed by atoms with Crippen molar-refractivity contribution in [1.82, 2.24) is 10.2 Å². The summed E-state index contributed by atoms with van der Waals surface area (Å²) in [6.45, 7) is 6.65. The number of benzene rings is 1. The molecule has 3 rings (SSSR count). The fourth-order valence-corrected chi connectivity index (χ4v) is 3.93. The molecule has 23 heavy (non-hydrogen) atoms. The summed E-state index contributed by atoms with van der Waals surface area (Å²) >= 11 is 0. The fraction of sp³-hybridized carbons (Fsp3) is 0.632. The molecule has 0 bridgehead atoms. The first kappa shape index (κ1) is 16.5. The molecule has 0 unspecified atom stereocenters. The molecule has 0 aromatic heterocycles. The number of rotatable bonds is 5. The van der Waals surface area contributed by atoms with Gasteiger partial charge in [-0.05, 0) is 63.4 Å². The van der Waals surface area contributed by atoms with Gasteiger partial charge in [-0.1, -0.05) is 19.1 Å². The molecule has 0 aliphatic carbocycles. The smallest absolute Gasteiger partial charge is 0.224 e. The van der Waals surface area contributed by atoms with Crippen LogP contribution in [0.1, 0.15) is 57.6 Å². The average molecular weight is 315 g/mol. The van der Waals surface area contributed by atoms with Crippen molar-refractivity contribution in [3.63, 3.8) is 0 Å². The third-order valence-corrected chi connectivity index (χ3v) is 5.32. The lowest BCUT2D eigenvalue weighted by molar-refractivity contribution is -0.115. The second kappa shape index (κ2) is 7.45. The third kappa shape index (κ3) is 4.12. The highest BCUT2D eigenvalue weighted by molar-refractivity contribution is 5.90. The Morgan fingerprint density at radius 2 is 2.04 bits per heavy atom. The Kier molecular flexibility index (Phi) is 5.34. The number of hydrogen-bond acceptors (Lipinski definition) is 3. The van der Waals surface area contributed by atoms with Gasteiger partial charge < -0.3 is 15.5 Å². The molecule has 4 nitrogen and oxygen atoms in total. The Bertz CT molecular complexity index is 528. The molecule has 0 spiro atoms. The minimum absolute atomic E-state index is 0.0623. The van der Waals surface area contributed by atoms with Gasteiger partial charge in [0.25, 0.3) is 0 Å². The Labute approximate surface area is 139 Å².